The Balaban J connectivity index is 1.18. The van der Waals surface area contributed by atoms with Crippen molar-refractivity contribution in [3.63, 3.8) is 0 Å². The van der Waals surface area contributed by atoms with Gasteiger partial charge in [-0.3, -0.25) is 0 Å². The molecule has 1 fully saturated rings. The molecule has 0 spiro atoms. The van der Waals surface area contributed by atoms with Gasteiger partial charge in [0.15, 0.2) is 0 Å². The second-order valence-corrected chi connectivity index (χ2v) is 27.7. The van der Waals surface area contributed by atoms with E-state index in [1.54, 1.807) is 0 Å². The van der Waals surface area contributed by atoms with Crippen LogP contribution in [-0.2, 0) is 21.7 Å². The van der Waals surface area contributed by atoms with Crippen molar-refractivity contribution in [2.24, 2.45) is 22.7 Å². The lowest BCUT2D eigenvalue weighted by atomic mass is 9.35. The SMILES string of the molecule is Cc1cc2c3c(c1)N(c1ccc(C(C)(C)C)cc1-c1ccc(-c4ccccc4)cc1)c1c(oc4ccc(C(C)(C)C)cc14)B3c1cc3c(cc1N2C1=CC2C(C=C1)C(C)(C)CCC2(C)C)C(C)(C)CCC3(C)C. The van der Waals surface area contributed by atoms with Crippen molar-refractivity contribution in [2.75, 3.05) is 9.80 Å². The van der Waals surface area contributed by atoms with Gasteiger partial charge in [-0.1, -0.05) is 182 Å². The number of aryl methyl sites for hydroxylation is 1. The molecule has 3 aliphatic carbocycles. The molecule has 3 nitrogen and oxygen atoms in total. The number of anilines is 5. The van der Waals surface area contributed by atoms with Crippen LogP contribution in [0.2, 0.25) is 0 Å². The fourth-order valence-corrected chi connectivity index (χ4v) is 13.8. The first-order valence-electron chi connectivity index (χ1n) is 27.5. The van der Waals surface area contributed by atoms with Gasteiger partial charge < -0.3 is 14.2 Å². The molecule has 3 heterocycles. The molecule has 0 bridgehead atoms. The van der Waals surface area contributed by atoms with Crippen LogP contribution in [0.1, 0.15) is 150 Å². The predicted octanol–water partition coefficient (Wildman–Crippen LogP) is 17.3. The molecule has 2 aliphatic heterocycles. The zero-order chi connectivity index (χ0) is 51.5. The van der Waals surface area contributed by atoms with Crippen molar-refractivity contribution in [1.82, 2.24) is 0 Å². The highest BCUT2D eigenvalue weighted by atomic mass is 16.3. The van der Waals surface area contributed by atoms with Gasteiger partial charge in [0.05, 0.1) is 17.0 Å². The number of nitrogens with zero attached hydrogens (tertiary/aromatic N) is 2. The van der Waals surface area contributed by atoms with Gasteiger partial charge >= 0.3 is 0 Å². The van der Waals surface area contributed by atoms with Crippen molar-refractivity contribution >= 4 is 62.7 Å². The fourth-order valence-electron chi connectivity index (χ4n) is 13.8. The number of hydrogen-bond acceptors (Lipinski definition) is 3. The Bertz CT molecular complexity index is 3450. The summed E-state index contributed by atoms with van der Waals surface area (Å²) < 4.78 is 7.58. The topological polar surface area (TPSA) is 19.6 Å². The first-order valence-corrected chi connectivity index (χ1v) is 27.5. The average molecular weight is 961 g/mol. The lowest BCUT2D eigenvalue weighted by molar-refractivity contribution is 0.0327. The van der Waals surface area contributed by atoms with Crippen LogP contribution in [0.25, 0.3) is 33.2 Å². The van der Waals surface area contributed by atoms with Crippen molar-refractivity contribution in [3.05, 3.63) is 167 Å². The maximum atomic E-state index is 7.58. The molecule has 5 aliphatic rings. The number of furan rings is 1. The second-order valence-electron chi connectivity index (χ2n) is 27.7. The molecule has 2 atom stereocenters. The number of fused-ring (bicyclic) bond motifs is 8. The molecule has 12 rings (SSSR count). The smallest absolute Gasteiger partial charge is 0.297 e. The van der Waals surface area contributed by atoms with E-state index in [0.29, 0.717) is 11.8 Å². The molecule has 6 aromatic carbocycles. The summed E-state index contributed by atoms with van der Waals surface area (Å²) in [6, 6.07) is 44.6. The molecular weight excluding hydrogens is 884 g/mol. The molecular formula is C69H77BN2O. The standard InChI is InChI=1S/C69H77BN2O/c1-42-35-58-61-59(36-42)72(56-29-25-46(64(2,3)4)37-49(56)45-23-21-44(22-24-45)43-19-17-16-18-20-43)62-50-38-47(65(5,6)7)26-30-60(50)73-63(62)70(61)55-40-53-54(69(14,15)34-33-68(53,12)13)41-57(55)71(58)48-27-28-51-52(39-48)67(10,11)32-31-66(51,8)9/h16-30,35-41,51-52H,31-34H2,1-15H3. The van der Waals surface area contributed by atoms with Gasteiger partial charge in [-0.2, -0.15) is 0 Å². The van der Waals surface area contributed by atoms with E-state index in [2.05, 4.69) is 247 Å². The number of benzene rings is 6. The van der Waals surface area contributed by atoms with E-state index in [1.165, 1.54) is 96.6 Å². The summed E-state index contributed by atoms with van der Waals surface area (Å²) in [5.74, 6) is 0.897. The van der Waals surface area contributed by atoms with E-state index in [4.69, 9.17) is 4.42 Å². The van der Waals surface area contributed by atoms with Gasteiger partial charge in [-0.05, 0) is 181 Å². The Morgan fingerprint density at radius 2 is 1.12 bits per heavy atom. The van der Waals surface area contributed by atoms with Gasteiger partial charge in [0.1, 0.15) is 5.58 Å². The van der Waals surface area contributed by atoms with Gasteiger partial charge in [0.25, 0.3) is 6.71 Å². The molecule has 1 saturated carbocycles. The maximum absolute atomic E-state index is 7.58. The molecule has 372 valence electrons. The van der Waals surface area contributed by atoms with Crippen LogP contribution >= 0.6 is 0 Å². The van der Waals surface area contributed by atoms with E-state index in [0.717, 1.165) is 40.8 Å². The van der Waals surface area contributed by atoms with Gasteiger partial charge in [0, 0.05) is 33.7 Å². The third kappa shape index (κ3) is 7.57. The van der Waals surface area contributed by atoms with Crippen LogP contribution in [0.5, 0.6) is 0 Å². The molecule has 0 saturated heterocycles. The minimum atomic E-state index is -0.131. The van der Waals surface area contributed by atoms with E-state index >= 15 is 0 Å². The van der Waals surface area contributed by atoms with Crippen LogP contribution in [0.4, 0.5) is 28.4 Å². The quantitative estimate of drug-likeness (QED) is 0.164. The largest absolute Gasteiger partial charge is 0.468 e. The van der Waals surface area contributed by atoms with E-state index in [1.807, 2.05) is 0 Å². The fraction of sp³-hybridized carbons (Fsp3) is 0.391. The van der Waals surface area contributed by atoms with Gasteiger partial charge in [-0.15, -0.1) is 0 Å². The number of rotatable bonds is 4. The third-order valence-corrected chi connectivity index (χ3v) is 18.7. The summed E-state index contributed by atoms with van der Waals surface area (Å²) >= 11 is 0. The Morgan fingerprint density at radius 1 is 0.548 bits per heavy atom. The Morgan fingerprint density at radius 3 is 1.78 bits per heavy atom. The normalized spacial score (nSPS) is 21.0. The monoisotopic (exact) mass is 961 g/mol. The minimum Gasteiger partial charge on any atom is -0.468 e. The second kappa shape index (κ2) is 16.0. The Hall–Kier alpha value is -6.00. The maximum Gasteiger partial charge on any atom is 0.297 e. The summed E-state index contributed by atoms with van der Waals surface area (Å²) in [7, 11) is 0. The van der Waals surface area contributed by atoms with Crippen molar-refractivity contribution in [1.29, 1.82) is 0 Å². The van der Waals surface area contributed by atoms with Crippen LogP contribution < -0.4 is 26.4 Å². The summed E-state index contributed by atoms with van der Waals surface area (Å²) in [6.45, 7) is 36.1. The van der Waals surface area contributed by atoms with E-state index in [-0.39, 0.29) is 39.2 Å². The van der Waals surface area contributed by atoms with E-state index < -0.39 is 0 Å². The van der Waals surface area contributed by atoms with Gasteiger partial charge in [-0.25, -0.2) is 0 Å². The molecule has 73 heavy (non-hydrogen) atoms. The summed E-state index contributed by atoms with van der Waals surface area (Å²) in [5.41, 5.74) is 24.0. The third-order valence-electron chi connectivity index (χ3n) is 18.7. The number of hydrogen-bond donors (Lipinski definition) is 0. The number of allylic oxidation sites excluding steroid dienone is 3. The van der Waals surface area contributed by atoms with Crippen LogP contribution in [0.15, 0.2) is 144 Å². The highest BCUT2D eigenvalue weighted by Gasteiger charge is 2.51. The first-order chi connectivity index (χ1) is 34.3. The van der Waals surface area contributed by atoms with Gasteiger partial charge in [0.2, 0.25) is 0 Å². The summed E-state index contributed by atoms with van der Waals surface area (Å²) in [5, 5.41) is 1.16. The summed E-state index contributed by atoms with van der Waals surface area (Å²) in [4.78, 5) is 5.33. The first kappa shape index (κ1) is 48.0. The molecule has 1 aromatic heterocycles. The molecule has 7 aromatic rings. The zero-order valence-electron chi connectivity index (χ0n) is 46.6. The molecule has 0 radical (unpaired) electrons. The zero-order valence-corrected chi connectivity index (χ0v) is 46.6. The Kier molecular flexibility index (Phi) is 10.5. The molecule has 0 N–H and O–H groups in total. The van der Waals surface area contributed by atoms with Crippen molar-refractivity contribution in [2.45, 2.75) is 151 Å². The van der Waals surface area contributed by atoms with Crippen LogP contribution in [0.3, 0.4) is 0 Å². The molecule has 0 amide bonds. The minimum absolute atomic E-state index is 0.0226. The van der Waals surface area contributed by atoms with Crippen LogP contribution in [0, 0.1) is 29.6 Å². The van der Waals surface area contributed by atoms with E-state index in [9.17, 15) is 0 Å². The highest BCUT2D eigenvalue weighted by Crippen LogP contribution is 2.57. The van der Waals surface area contributed by atoms with Crippen LogP contribution in [-0.4, -0.2) is 6.71 Å². The summed E-state index contributed by atoms with van der Waals surface area (Å²) in [6.07, 6.45) is 12.6. The predicted molar refractivity (Wildman–Crippen MR) is 313 cm³/mol. The average Bonchev–Trinajstić information content (AvgIpc) is 3.72. The molecule has 4 heteroatoms. The molecule has 2 unspecified atom stereocenters. The highest BCUT2D eigenvalue weighted by molar-refractivity contribution is 7.00. The Labute approximate surface area is 437 Å². The lowest BCUT2D eigenvalue weighted by Gasteiger charge is -2.52. The lowest BCUT2D eigenvalue weighted by Crippen LogP contribution is -2.62. The van der Waals surface area contributed by atoms with Crippen molar-refractivity contribution in [3.8, 4) is 22.3 Å². The van der Waals surface area contributed by atoms with Crippen molar-refractivity contribution < 1.29 is 4.42 Å².